The van der Waals surface area contributed by atoms with Crippen LogP contribution in [0.1, 0.15) is 5.56 Å². The summed E-state index contributed by atoms with van der Waals surface area (Å²) in [6.07, 6.45) is 1.78. The number of hydrogen-bond donors (Lipinski definition) is 1. The number of aromatic nitrogens is 3. The van der Waals surface area contributed by atoms with Crippen molar-refractivity contribution < 1.29 is 4.39 Å². The van der Waals surface area contributed by atoms with Crippen LogP contribution in [0.15, 0.2) is 34.9 Å². The van der Waals surface area contributed by atoms with Crippen LogP contribution in [0.3, 0.4) is 0 Å². The van der Waals surface area contributed by atoms with Crippen molar-refractivity contribution in [2.75, 3.05) is 0 Å². The highest BCUT2D eigenvalue weighted by Gasteiger charge is 2.09. The van der Waals surface area contributed by atoms with E-state index in [1.54, 1.807) is 22.9 Å². The van der Waals surface area contributed by atoms with Crippen molar-refractivity contribution in [1.82, 2.24) is 14.5 Å². The van der Waals surface area contributed by atoms with Gasteiger partial charge < -0.3 is 4.98 Å². The molecular weight excluding hydrogens is 329 g/mol. The van der Waals surface area contributed by atoms with Gasteiger partial charge in [-0.05, 0) is 64.9 Å². The lowest BCUT2D eigenvalue weighted by atomic mass is 10.3. The first-order valence-corrected chi connectivity index (χ1v) is 6.79. The van der Waals surface area contributed by atoms with E-state index in [1.807, 2.05) is 13.0 Å². The molecule has 96 valence electrons. The number of benzene rings is 1. The summed E-state index contributed by atoms with van der Waals surface area (Å²) in [4.78, 5) is 7.49. The highest BCUT2D eigenvalue weighted by molar-refractivity contribution is 9.10. The van der Waals surface area contributed by atoms with Gasteiger partial charge in [-0.3, -0.25) is 4.57 Å². The number of nitrogens with zero attached hydrogens (tertiary/aromatic N) is 2. The highest BCUT2D eigenvalue weighted by atomic mass is 79.9. The molecule has 0 spiro atoms. The van der Waals surface area contributed by atoms with Gasteiger partial charge in [0.05, 0.1) is 15.7 Å². The summed E-state index contributed by atoms with van der Waals surface area (Å²) >= 11 is 8.49. The van der Waals surface area contributed by atoms with E-state index in [1.165, 1.54) is 6.07 Å². The third-order valence-electron chi connectivity index (χ3n) is 2.82. The van der Waals surface area contributed by atoms with Gasteiger partial charge >= 0.3 is 0 Å². The van der Waals surface area contributed by atoms with Crippen molar-refractivity contribution in [3.8, 4) is 5.69 Å². The van der Waals surface area contributed by atoms with Crippen molar-refractivity contribution in [2.45, 2.75) is 6.92 Å². The van der Waals surface area contributed by atoms with E-state index in [0.29, 0.717) is 9.24 Å². The molecule has 3 aromatic rings. The van der Waals surface area contributed by atoms with Crippen LogP contribution < -0.4 is 0 Å². The Morgan fingerprint density at radius 3 is 2.89 bits per heavy atom. The molecule has 3 rings (SSSR count). The molecule has 19 heavy (non-hydrogen) atoms. The largest absolute Gasteiger partial charge is 0.329 e. The predicted molar refractivity (Wildman–Crippen MR) is 78.6 cm³/mol. The monoisotopic (exact) mass is 337 g/mol. The molecule has 0 atom stereocenters. The SMILES string of the molecule is Cc1cnc2c(c1)[nH]c(=S)n2-c1ccc(F)c(Br)c1. The van der Waals surface area contributed by atoms with E-state index < -0.39 is 0 Å². The minimum absolute atomic E-state index is 0.307. The van der Waals surface area contributed by atoms with Crippen molar-refractivity contribution in [3.05, 3.63) is 51.1 Å². The third kappa shape index (κ3) is 2.11. The van der Waals surface area contributed by atoms with Gasteiger partial charge in [-0.15, -0.1) is 0 Å². The number of fused-ring (bicyclic) bond motifs is 1. The Hall–Kier alpha value is -1.53. The second-order valence-corrected chi connectivity index (χ2v) is 5.49. The van der Waals surface area contributed by atoms with E-state index in [2.05, 4.69) is 25.9 Å². The van der Waals surface area contributed by atoms with Crippen LogP contribution in [-0.2, 0) is 0 Å². The number of H-pyrrole nitrogens is 1. The maximum absolute atomic E-state index is 13.3. The molecule has 0 aliphatic carbocycles. The zero-order valence-corrected chi connectivity index (χ0v) is 12.3. The zero-order valence-electron chi connectivity index (χ0n) is 9.95. The number of imidazole rings is 1. The van der Waals surface area contributed by atoms with Gasteiger partial charge in [0, 0.05) is 6.20 Å². The van der Waals surface area contributed by atoms with E-state index in [4.69, 9.17) is 12.2 Å². The lowest BCUT2D eigenvalue weighted by Gasteiger charge is -2.05. The average molecular weight is 338 g/mol. The van der Waals surface area contributed by atoms with Crippen LogP contribution in [0.5, 0.6) is 0 Å². The Morgan fingerprint density at radius 1 is 1.37 bits per heavy atom. The summed E-state index contributed by atoms with van der Waals surface area (Å²) in [5.74, 6) is -0.307. The minimum atomic E-state index is -0.307. The van der Waals surface area contributed by atoms with E-state index in [0.717, 1.165) is 22.4 Å². The van der Waals surface area contributed by atoms with Gasteiger partial charge in [-0.25, -0.2) is 9.37 Å². The third-order valence-corrected chi connectivity index (χ3v) is 3.71. The lowest BCUT2D eigenvalue weighted by Crippen LogP contribution is -1.96. The van der Waals surface area contributed by atoms with Crippen molar-refractivity contribution in [1.29, 1.82) is 0 Å². The maximum atomic E-state index is 13.3. The molecule has 0 radical (unpaired) electrons. The summed E-state index contributed by atoms with van der Waals surface area (Å²) in [6.45, 7) is 1.97. The summed E-state index contributed by atoms with van der Waals surface area (Å²) < 4.78 is 16.0. The average Bonchev–Trinajstić information content (AvgIpc) is 2.68. The number of aryl methyl sites for hydroxylation is 1. The molecule has 6 heteroatoms. The second-order valence-electron chi connectivity index (χ2n) is 4.25. The van der Waals surface area contributed by atoms with Crippen LogP contribution in [0.2, 0.25) is 0 Å². The lowest BCUT2D eigenvalue weighted by molar-refractivity contribution is 0.620. The fraction of sp³-hybridized carbons (Fsp3) is 0.0769. The van der Waals surface area contributed by atoms with Crippen LogP contribution >= 0.6 is 28.1 Å². The van der Waals surface area contributed by atoms with Gasteiger partial charge in [-0.2, -0.15) is 0 Å². The first-order chi connectivity index (χ1) is 9.06. The number of halogens is 2. The molecule has 0 aliphatic heterocycles. The molecule has 1 N–H and O–H groups in total. The highest BCUT2D eigenvalue weighted by Crippen LogP contribution is 2.23. The van der Waals surface area contributed by atoms with Crippen LogP contribution in [0.4, 0.5) is 4.39 Å². The van der Waals surface area contributed by atoms with Crippen molar-refractivity contribution in [3.63, 3.8) is 0 Å². The normalized spacial score (nSPS) is 11.1. The van der Waals surface area contributed by atoms with Gasteiger partial charge in [0.25, 0.3) is 0 Å². The van der Waals surface area contributed by atoms with Crippen molar-refractivity contribution >= 4 is 39.3 Å². The quantitative estimate of drug-likeness (QED) is 0.672. The fourth-order valence-corrected chi connectivity index (χ4v) is 2.63. The molecule has 0 unspecified atom stereocenters. The zero-order chi connectivity index (χ0) is 13.6. The number of aromatic amines is 1. The van der Waals surface area contributed by atoms with Crippen LogP contribution in [0.25, 0.3) is 16.9 Å². The Kier molecular flexibility index (Phi) is 2.99. The number of nitrogens with one attached hydrogen (secondary N) is 1. The first-order valence-electron chi connectivity index (χ1n) is 5.59. The second kappa shape index (κ2) is 4.54. The number of hydrogen-bond acceptors (Lipinski definition) is 2. The molecule has 2 aromatic heterocycles. The Balaban J connectivity index is 2.32. The van der Waals surface area contributed by atoms with E-state index >= 15 is 0 Å². The fourth-order valence-electron chi connectivity index (χ4n) is 1.96. The van der Waals surface area contributed by atoms with E-state index in [-0.39, 0.29) is 5.82 Å². The van der Waals surface area contributed by atoms with Gasteiger partial charge in [0.1, 0.15) is 5.82 Å². The Morgan fingerprint density at radius 2 is 2.16 bits per heavy atom. The molecule has 0 aliphatic rings. The van der Waals surface area contributed by atoms with Gasteiger partial charge in [0.2, 0.25) is 0 Å². The first kappa shape index (κ1) is 12.5. The van der Waals surface area contributed by atoms with E-state index in [9.17, 15) is 4.39 Å². The van der Waals surface area contributed by atoms with Crippen LogP contribution in [-0.4, -0.2) is 14.5 Å². The van der Waals surface area contributed by atoms with Crippen molar-refractivity contribution in [2.24, 2.45) is 0 Å². The molecule has 0 bridgehead atoms. The maximum Gasteiger partial charge on any atom is 0.183 e. The standard InChI is InChI=1S/C13H9BrFN3S/c1-7-4-11-12(16-6-7)18(13(19)17-11)8-2-3-10(15)9(14)5-8/h2-6H,1H3,(H,17,19). The van der Waals surface area contributed by atoms with Crippen LogP contribution in [0, 0.1) is 17.5 Å². The Bertz CT molecular complexity index is 838. The molecule has 3 nitrogen and oxygen atoms in total. The smallest absolute Gasteiger partial charge is 0.183 e. The predicted octanol–water partition coefficient (Wildman–Crippen LogP) is 4.29. The molecule has 0 saturated carbocycles. The summed E-state index contributed by atoms with van der Waals surface area (Å²) in [6, 6.07) is 6.73. The summed E-state index contributed by atoms with van der Waals surface area (Å²) in [5, 5.41) is 0. The minimum Gasteiger partial charge on any atom is -0.329 e. The molecule has 0 saturated heterocycles. The Labute approximate surface area is 122 Å². The van der Waals surface area contributed by atoms with Gasteiger partial charge in [-0.1, -0.05) is 0 Å². The summed E-state index contributed by atoms with van der Waals surface area (Å²) in [7, 11) is 0. The molecule has 2 heterocycles. The topological polar surface area (TPSA) is 33.6 Å². The van der Waals surface area contributed by atoms with Gasteiger partial charge in [0.15, 0.2) is 10.4 Å². The number of rotatable bonds is 1. The molecule has 0 fully saturated rings. The number of pyridine rings is 1. The molecular formula is C13H9BrFN3S. The molecule has 0 amide bonds. The molecule has 1 aromatic carbocycles. The summed E-state index contributed by atoms with van der Waals surface area (Å²) in [5.41, 5.74) is 3.41.